The summed E-state index contributed by atoms with van der Waals surface area (Å²) in [5.74, 6) is -1.23. The number of carboxylic acids is 1. The van der Waals surface area contributed by atoms with Crippen LogP contribution in [-0.4, -0.2) is 26.6 Å². The van der Waals surface area contributed by atoms with Gasteiger partial charge < -0.3 is 14.8 Å². The highest BCUT2D eigenvalue weighted by Gasteiger charge is 2.26. The topological polar surface area (TPSA) is 105 Å². The monoisotopic (exact) mass is 309 g/mol. The van der Waals surface area contributed by atoms with Crippen LogP contribution in [0.25, 0.3) is 0 Å². The highest BCUT2D eigenvalue weighted by atomic mass is 32.1. The third kappa shape index (κ3) is 3.46. The Morgan fingerprint density at radius 2 is 2.10 bits per heavy atom. The first-order valence-corrected chi connectivity index (χ1v) is 6.99. The predicted octanol–water partition coefficient (Wildman–Crippen LogP) is 2.06. The van der Waals surface area contributed by atoms with E-state index >= 15 is 0 Å². The summed E-state index contributed by atoms with van der Waals surface area (Å²) < 4.78 is 8.89. The summed E-state index contributed by atoms with van der Waals surface area (Å²) in [7, 11) is 0. The zero-order valence-electron chi connectivity index (χ0n) is 11.8. The molecule has 2 aromatic heterocycles. The van der Waals surface area contributed by atoms with E-state index in [2.05, 4.69) is 14.9 Å². The number of nitrogens with zero attached hydrogens (tertiary/aromatic N) is 2. The van der Waals surface area contributed by atoms with Crippen LogP contribution in [0.3, 0.4) is 0 Å². The Bertz CT molecular complexity index is 669. The molecule has 0 radical (unpaired) electrons. The average molecular weight is 309 g/mol. The number of hydrogen-bond acceptors (Lipinski definition) is 6. The molecule has 112 valence electrons. The van der Waals surface area contributed by atoms with Gasteiger partial charge in [0.25, 0.3) is 5.91 Å². The fraction of sp³-hybridized carbons (Fsp3) is 0.385. The second-order valence-corrected chi connectivity index (χ2v) is 6.21. The molecule has 0 fully saturated rings. The molecule has 8 heteroatoms. The molecule has 0 bridgehead atoms. The maximum absolute atomic E-state index is 12.1. The summed E-state index contributed by atoms with van der Waals surface area (Å²) in [6.45, 7) is 5.96. The maximum atomic E-state index is 12.1. The van der Waals surface area contributed by atoms with E-state index in [-0.39, 0.29) is 23.6 Å². The number of nitrogens with one attached hydrogen (secondary N) is 1. The number of carbonyl (C=O) groups is 2. The van der Waals surface area contributed by atoms with Gasteiger partial charge in [-0.15, -0.1) is 5.10 Å². The van der Waals surface area contributed by atoms with Gasteiger partial charge in [-0.2, -0.15) is 0 Å². The molecule has 0 aliphatic rings. The molecule has 0 aliphatic heterocycles. The lowest BCUT2D eigenvalue weighted by Gasteiger charge is -2.15. The lowest BCUT2D eigenvalue weighted by molar-refractivity contribution is 0.0660. The molecule has 0 atom stereocenters. The summed E-state index contributed by atoms with van der Waals surface area (Å²) in [5.41, 5.74) is 0.358. The van der Waals surface area contributed by atoms with Gasteiger partial charge in [-0.25, -0.2) is 4.79 Å². The highest BCUT2D eigenvalue weighted by molar-refractivity contribution is 7.08. The molecule has 2 rings (SSSR count). The van der Waals surface area contributed by atoms with E-state index in [1.807, 2.05) is 20.8 Å². The molecule has 0 unspecified atom stereocenters. The number of furan rings is 1. The van der Waals surface area contributed by atoms with Gasteiger partial charge >= 0.3 is 5.97 Å². The summed E-state index contributed by atoms with van der Waals surface area (Å²) in [6, 6.07) is 2.86. The van der Waals surface area contributed by atoms with Crippen LogP contribution in [0.1, 0.15) is 52.5 Å². The maximum Gasteiger partial charge on any atom is 0.371 e. The van der Waals surface area contributed by atoms with Crippen LogP contribution in [0, 0.1) is 0 Å². The standard InChI is InChI=1S/C13H15N3O4S/c1-13(2,3)10-9(21-16-15-10)11(17)14-6-7-4-5-8(20-7)12(18)19/h4-5H,6H2,1-3H3,(H,14,17)(H,18,19). The molecule has 0 aromatic carbocycles. The van der Waals surface area contributed by atoms with Crippen LogP contribution < -0.4 is 5.32 Å². The Kier molecular flexibility index (Phi) is 4.08. The highest BCUT2D eigenvalue weighted by Crippen LogP contribution is 2.25. The summed E-state index contributed by atoms with van der Waals surface area (Å²) >= 11 is 1.03. The van der Waals surface area contributed by atoms with Crippen LogP contribution in [0.4, 0.5) is 0 Å². The molecule has 7 nitrogen and oxygen atoms in total. The Balaban J connectivity index is 2.05. The Morgan fingerprint density at radius 1 is 1.38 bits per heavy atom. The van der Waals surface area contributed by atoms with Gasteiger partial charge in [0.2, 0.25) is 5.76 Å². The SMILES string of the molecule is CC(C)(C)c1nnsc1C(=O)NCc1ccc(C(=O)O)o1. The number of aromatic carboxylic acids is 1. The van der Waals surface area contributed by atoms with E-state index < -0.39 is 5.97 Å². The van der Waals surface area contributed by atoms with Gasteiger partial charge in [0.1, 0.15) is 10.6 Å². The lowest BCUT2D eigenvalue weighted by atomic mass is 9.91. The van der Waals surface area contributed by atoms with Crippen LogP contribution in [-0.2, 0) is 12.0 Å². The second kappa shape index (κ2) is 5.65. The van der Waals surface area contributed by atoms with E-state index in [1.165, 1.54) is 12.1 Å². The molecule has 1 amide bonds. The average Bonchev–Trinajstić information content (AvgIpc) is 3.04. The fourth-order valence-corrected chi connectivity index (χ4v) is 2.46. The van der Waals surface area contributed by atoms with E-state index in [9.17, 15) is 9.59 Å². The van der Waals surface area contributed by atoms with Crippen molar-refractivity contribution in [3.63, 3.8) is 0 Å². The van der Waals surface area contributed by atoms with Crippen LogP contribution in [0.15, 0.2) is 16.5 Å². The third-order valence-electron chi connectivity index (χ3n) is 2.70. The van der Waals surface area contributed by atoms with Crippen LogP contribution >= 0.6 is 11.5 Å². The minimum Gasteiger partial charge on any atom is -0.475 e. The van der Waals surface area contributed by atoms with Crippen molar-refractivity contribution in [1.29, 1.82) is 0 Å². The second-order valence-electron chi connectivity index (χ2n) is 5.45. The van der Waals surface area contributed by atoms with Gasteiger partial charge in [-0.1, -0.05) is 25.3 Å². The van der Waals surface area contributed by atoms with Crippen molar-refractivity contribution in [2.75, 3.05) is 0 Å². The van der Waals surface area contributed by atoms with Gasteiger partial charge in [-0.3, -0.25) is 4.79 Å². The van der Waals surface area contributed by atoms with Crippen molar-refractivity contribution in [3.05, 3.63) is 34.2 Å². The van der Waals surface area contributed by atoms with E-state index in [4.69, 9.17) is 9.52 Å². The molecule has 2 aromatic rings. The molecule has 0 spiro atoms. The molecule has 21 heavy (non-hydrogen) atoms. The van der Waals surface area contributed by atoms with Crippen molar-refractivity contribution >= 4 is 23.4 Å². The quantitative estimate of drug-likeness (QED) is 0.895. The van der Waals surface area contributed by atoms with Crippen molar-refractivity contribution in [2.45, 2.75) is 32.7 Å². The molecule has 2 heterocycles. The number of carbonyl (C=O) groups excluding carboxylic acids is 1. The molecule has 2 N–H and O–H groups in total. The normalized spacial score (nSPS) is 11.4. The zero-order valence-corrected chi connectivity index (χ0v) is 12.7. The Morgan fingerprint density at radius 3 is 2.67 bits per heavy atom. The smallest absolute Gasteiger partial charge is 0.371 e. The summed E-state index contributed by atoms with van der Waals surface area (Å²) in [6.07, 6.45) is 0. The Hall–Kier alpha value is -2.22. The van der Waals surface area contributed by atoms with Crippen molar-refractivity contribution in [1.82, 2.24) is 14.9 Å². The van der Waals surface area contributed by atoms with E-state index in [1.54, 1.807) is 0 Å². The zero-order chi connectivity index (χ0) is 15.6. The molecule has 0 saturated heterocycles. The number of rotatable bonds is 4. The van der Waals surface area contributed by atoms with Crippen molar-refractivity contribution in [3.8, 4) is 0 Å². The van der Waals surface area contributed by atoms with Crippen molar-refractivity contribution < 1.29 is 19.1 Å². The number of amides is 1. The van der Waals surface area contributed by atoms with Gasteiger partial charge in [0, 0.05) is 5.41 Å². The van der Waals surface area contributed by atoms with Gasteiger partial charge in [0.15, 0.2) is 0 Å². The largest absolute Gasteiger partial charge is 0.475 e. The number of carboxylic acid groups (broad SMARTS) is 1. The van der Waals surface area contributed by atoms with E-state index in [0.29, 0.717) is 16.3 Å². The molecular formula is C13H15N3O4S. The fourth-order valence-electron chi connectivity index (χ4n) is 1.67. The first kappa shape index (κ1) is 15.2. The van der Waals surface area contributed by atoms with Crippen molar-refractivity contribution in [2.24, 2.45) is 0 Å². The molecular weight excluding hydrogens is 294 g/mol. The van der Waals surface area contributed by atoms with Gasteiger partial charge in [0.05, 0.1) is 12.2 Å². The summed E-state index contributed by atoms with van der Waals surface area (Å²) in [5, 5.41) is 15.4. The van der Waals surface area contributed by atoms with Crippen LogP contribution in [0.5, 0.6) is 0 Å². The predicted molar refractivity (Wildman–Crippen MR) is 75.4 cm³/mol. The lowest BCUT2D eigenvalue weighted by Crippen LogP contribution is -2.25. The van der Waals surface area contributed by atoms with Gasteiger partial charge in [-0.05, 0) is 23.7 Å². The number of hydrogen-bond donors (Lipinski definition) is 2. The van der Waals surface area contributed by atoms with Crippen LogP contribution in [0.2, 0.25) is 0 Å². The molecule has 0 saturated carbocycles. The minimum absolute atomic E-state index is 0.105. The first-order valence-electron chi connectivity index (χ1n) is 6.22. The first-order chi connectivity index (χ1) is 9.79. The number of aromatic nitrogens is 2. The molecule has 0 aliphatic carbocycles. The summed E-state index contributed by atoms with van der Waals surface area (Å²) in [4.78, 5) is 23.3. The van der Waals surface area contributed by atoms with E-state index in [0.717, 1.165) is 11.5 Å². The minimum atomic E-state index is -1.14. The Labute approximate surface area is 125 Å². The third-order valence-corrected chi connectivity index (χ3v) is 3.42.